The lowest BCUT2D eigenvalue weighted by atomic mass is 9.79. The molecule has 3 aromatic heterocycles. The van der Waals surface area contributed by atoms with Crippen LogP contribution in [0.5, 0.6) is 0 Å². The first-order chi connectivity index (χ1) is 19.1. The minimum absolute atomic E-state index is 0.0732. The number of ketones is 1. The van der Waals surface area contributed by atoms with Crippen molar-refractivity contribution in [2.45, 2.75) is 38.8 Å². The Hall–Kier alpha value is -4.85. The molecule has 4 aliphatic rings. The van der Waals surface area contributed by atoms with Crippen LogP contribution < -0.4 is 16.0 Å². The van der Waals surface area contributed by atoms with Gasteiger partial charge in [-0.05, 0) is 101 Å². The van der Waals surface area contributed by atoms with E-state index < -0.39 is 16.5 Å². The number of allylic oxidation sites excluding steroid dienone is 4. The van der Waals surface area contributed by atoms with E-state index in [0.717, 1.165) is 50.7 Å². The summed E-state index contributed by atoms with van der Waals surface area (Å²) >= 11 is 0. The third-order valence-electron chi connectivity index (χ3n) is 7.98. The second-order valence-electron chi connectivity index (χ2n) is 11.4. The lowest BCUT2D eigenvalue weighted by molar-refractivity contribution is -0.126. The molecule has 0 aliphatic carbocycles. The number of rotatable bonds is 2. The first-order valence-corrected chi connectivity index (χ1v) is 13.3. The van der Waals surface area contributed by atoms with Crippen molar-refractivity contribution < 1.29 is 4.79 Å². The van der Waals surface area contributed by atoms with Crippen LogP contribution in [0, 0.1) is 12.3 Å². The summed E-state index contributed by atoms with van der Waals surface area (Å²) in [4.78, 5) is 36.5. The molecule has 1 fully saturated rings. The molecule has 1 saturated heterocycles. The molecule has 40 heavy (non-hydrogen) atoms. The predicted octanol–water partition coefficient (Wildman–Crippen LogP) is 3.12. The molecule has 4 aliphatic heterocycles. The number of hydrogen-bond donors (Lipinski definition) is 2. The molecule has 2 atom stereocenters. The van der Waals surface area contributed by atoms with Gasteiger partial charge in [0, 0.05) is 40.7 Å². The Morgan fingerprint density at radius 1 is 0.900 bits per heavy atom. The van der Waals surface area contributed by atoms with Crippen LogP contribution in [-0.4, -0.2) is 42.3 Å². The second-order valence-corrected chi connectivity index (χ2v) is 11.4. The molecule has 2 N–H and O–H groups in total. The van der Waals surface area contributed by atoms with Crippen LogP contribution in [0.1, 0.15) is 32.3 Å². The highest BCUT2D eigenvalue weighted by atomic mass is 16.1. The molecule has 0 amide bonds. The van der Waals surface area contributed by atoms with Gasteiger partial charge in [0.1, 0.15) is 16.9 Å². The average Bonchev–Trinajstić information content (AvgIpc) is 3.74. The summed E-state index contributed by atoms with van der Waals surface area (Å²) in [7, 11) is 0. The number of aryl methyl sites for hydroxylation is 1. The molecule has 0 spiro atoms. The molecule has 7 rings (SSSR count). The summed E-state index contributed by atoms with van der Waals surface area (Å²) in [5, 5.41) is 5.44. The number of pyridine rings is 1. The fourth-order valence-electron chi connectivity index (χ4n) is 5.88. The number of aromatic nitrogens is 4. The molecule has 7 heterocycles. The first kappa shape index (κ1) is 24.2. The number of carbonyl (C=O) groups is 1. The third-order valence-corrected chi connectivity index (χ3v) is 7.98. The molecular weight excluding hydrogens is 498 g/mol. The van der Waals surface area contributed by atoms with E-state index in [-0.39, 0.29) is 5.78 Å². The molecule has 8 bridgehead atoms. The average molecular weight is 528 g/mol. The van der Waals surface area contributed by atoms with Crippen LogP contribution >= 0.6 is 0 Å². The first-order valence-electron chi connectivity index (χ1n) is 13.3. The number of hydrogen-bond acceptors (Lipinski definition) is 6. The Morgan fingerprint density at radius 2 is 1.65 bits per heavy atom. The van der Waals surface area contributed by atoms with Crippen molar-refractivity contribution in [3.8, 4) is 5.69 Å². The summed E-state index contributed by atoms with van der Waals surface area (Å²) in [6, 6.07) is 7.95. The molecule has 0 aromatic carbocycles. The lowest BCUT2D eigenvalue weighted by Crippen LogP contribution is -2.41. The third kappa shape index (κ3) is 3.78. The van der Waals surface area contributed by atoms with E-state index in [9.17, 15) is 4.79 Å². The number of aromatic amines is 1. The number of carbonyl (C=O) groups excluding carboxylic acids is 1. The number of H-pyrrole nitrogens is 1. The fraction of sp³-hybridized carbons (Fsp3) is 0.219. The van der Waals surface area contributed by atoms with E-state index >= 15 is 0 Å². The maximum absolute atomic E-state index is 13.9. The van der Waals surface area contributed by atoms with Crippen LogP contribution in [0.15, 0.2) is 101 Å². The molecule has 0 radical (unpaired) electrons. The van der Waals surface area contributed by atoms with Gasteiger partial charge in [-0.25, -0.2) is 9.98 Å². The quantitative estimate of drug-likeness (QED) is 0.535. The van der Waals surface area contributed by atoms with Crippen molar-refractivity contribution in [3.63, 3.8) is 0 Å². The van der Waals surface area contributed by atoms with E-state index in [1.54, 1.807) is 12.4 Å². The zero-order valence-corrected chi connectivity index (χ0v) is 22.8. The predicted molar refractivity (Wildman–Crippen MR) is 156 cm³/mol. The number of nitrogens with one attached hydrogen (secondary N) is 2. The Kier molecular flexibility index (Phi) is 5.04. The Balaban J connectivity index is 1.47. The topological polar surface area (TPSA) is 100 Å². The smallest absolute Gasteiger partial charge is 0.173 e. The van der Waals surface area contributed by atoms with E-state index in [1.165, 1.54) is 0 Å². The second kappa shape index (κ2) is 8.32. The molecule has 0 saturated carbocycles. The van der Waals surface area contributed by atoms with Crippen molar-refractivity contribution in [1.82, 2.24) is 24.8 Å². The Bertz CT molecular complexity index is 1890. The van der Waals surface area contributed by atoms with Crippen molar-refractivity contribution in [2.24, 2.45) is 15.4 Å². The van der Waals surface area contributed by atoms with Gasteiger partial charge in [0.15, 0.2) is 5.78 Å². The fourth-order valence-corrected chi connectivity index (χ4v) is 5.88. The molecule has 8 heteroatoms. The number of fused-ring (bicyclic) bond motifs is 6. The SMILES string of the molecule is Cc1nc(C23C=CC(=N2)C=c2ccc([nH]2)=CC2=NC(=CC4(C)NC(=C3)C(C)(C)C4=O)C=C2)cn1-c1ccncc1. The zero-order valence-electron chi connectivity index (χ0n) is 22.8. The molecule has 3 aromatic rings. The number of aliphatic imine (C=N–C) groups is 2. The summed E-state index contributed by atoms with van der Waals surface area (Å²) in [6.45, 7) is 7.81. The van der Waals surface area contributed by atoms with Crippen molar-refractivity contribution in [1.29, 1.82) is 0 Å². The highest BCUT2D eigenvalue weighted by Gasteiger charge is 2.52. The van der Waals surface area contributed by atoms with Gasteiger partial charge in [-0.15, -0.1) is 0 Å². The minimum atomic E-state index is -0.931. The summed E-state index contributed by atoms with van der Waals surface area (Å²) < 4.78 is 2.04. The largest absolute Gasteiger partial charge is 0.373 e. The summed E-state index contributed by atoms with van der Waals surface area (Å²) in [5.41, 5.74) is 2.29. The van der Waals surface area contributed by atoms with Crippen molar-refractivity contribution in [3.05, 3.63) is 113 Å². The summed E-state index contributed by atoms with van der Waals surface area (Å²) in [6.07, 6.45) is 21.5. The highest BCUT2D eigenvalue weighted by molar-refractivity contribution is 6.20. The number of Topliss-reactive ketones (excluding diaryl/α,β-unsaturated/α-hetero) is 1. The molecule has 2 unspecified atom stereocenters. The number of nitrogens with zero attached hydrogens (tertiary/aromatic N) is 5. The highest BCUT2D eigenvalue weighted by Crippen LogP contribution is 2.44. The van der Waals surface area contributed by atoms with Gasteiger partial charge >= 0.3 is 0 Å². The lowest BCUT2D eigenvalue weighted by Gasteiger charge is -2.24. The van der Waals surface area contributed by atoms with Crippen molar-refractivity contribution >= 4 is 29.4 Å². The number of imidazole rings is 1. The monoisotopic (exact) mass is 527 g/mol. The van der Waals surface area contributed by atoms with Gasteiger partial charge < -0.3 is 14.9 Å². The molecule has 198 valence electrons. The standard InChI is InChI=1S/C32H29N7O/c1-20-34-28(19-39(20)26-10-13-33-14-11-26)32-12-9-24(37-32)16-23-6-5-21(35-23)15-22-7-8-25(36-22)17-31(4)29(40)30(2,3)27(18-32)38-31/h5-19,35,38H,1-4H3. The van der Waals surface area contributed by atoms with Gasteiger partial charge in [0.25, 0.3) is 0 Å². The van der Waals surface area contributed by atoms with Crippen LogP contribution in [0.4, 0.5) is 0 Å². The van der Waals surface area contributed by atoms with Gasteiger partial charge in [-0.1, -0.05) is 0 Å². The Morgan fingerprint density at radius 3 is 2.42 bits per heavy atom. The zero-order chi connectivity index (χ0) is 27.7. The summed E-state index contributed by atoms with van der Waals surface area (Å²) in [5.74, 6) is 0.904. The van der Waals surface area contributed by atoms with Crippen LogP contribution in [0.25, 0.3) is 17.8 Å². The van der Waals surface area contributed by atoms with Crippen LogP contribution in [0.3, 0.4) is 0 Å². The van der Waals surface area contributed by atoms with Gasteiger partial charge in [0.05, 0.1) is 28.2 Å². The van der Waals surface area contributed by atoms with E-state index in [1.807, 2.05) is 99.2 Å². The van der Waals surface area contributed by atoms with Gasteiger partial charge in [-0.2, -0.15) is 0 Å². The molecular formula is C32H29N7O. The molecule has 8 nitrogen and oxygen atoms in total. The minimum Gasteiger partial charge on any atom is -0.373 e. The normalized spacial score (nSPS) is 25.9. The van der Waals surface area contributed by atoms with Gasteiger partial charge in [0.2, 0.25) is 0 Å². The van der Waals surface area contributed by atoms with Crippen molar-refractivity contribution in [2.75, 3.05) is 0 Å². The van der Waals surface area contributed by atoms with E-state index in [0.29, 0.717) is 0 Å². The van der Waals surface area contributed by atoms with Crippen LogP contribution in [-0.2, 0) is 10.3 Å². The maximum Gasteiger partial charge on any atom is 0.173 e. The maximum atomic E-state index is 13.9. The van der Waals surface area contributed by atoms with E-state index in [4.69, 9.17) is 15.0 Å². The van der Waals surface area contributed by atoms with E-state index in [2.05, 4.69) is 27.4 Å². The Labute approximate surface area is 231 Å². The van der Waals surface area contributed by atoms with Crippen LogP contribution in [0.2, 0.25) is 0 Å². The van der Waals surface area contributed by atoms with Gasteiger partial charge in [-0.3, -0.25) is 14.8 Å².